The van der Waals surface area contributed by atoms with E-state index in [2.05, 4.69) is 0 Å². The minimum Gasteiger partial charge on any atom is -0.493 e. The highest BCUT2D eigenvalue weighted by Gasteiger charge is 2.49. The smallest absolute Gasteiger partial charge is 0.416 e. The van der Waals surface area contributed by atoms with Crippen LogP contribution in [-0.2, 0) is 87.2 Å². The number of alkyl halides is 36. The fourth-order valence-electron chi connectivity index (χ4n) is 15.6. The van der Waals surface area contributed by atoms with Crippen molar-refractivity contribution in [3.05, 3.63) is 346 Å². The molecule has 15 aromatic rings. The average molecular weight is 2160 g/mol. The number of anilines is 6. The summed E-state index contributed by atoms with van der Waals surface area (Å²) in [6, 6.07) is 38.6. The Morgan fingerprint density at radius 2 is 0.420 bits per heavy atom. The number of benzene rings is 13. The van der Waals surface area contributed by atoms with Gasteiger partial charge in [-0.15, -0.1) is 0 Å². The van der Waals surface area contributed by atoms with E-state index in [0.717, 1.165) is 0 Å². The largest absolute Gasteiger partial charge is 0.493 e. The van der Waals surface area contributed by atoms with Crippen molar-refractivity contribution in [2.24, 2.45) is 10.8 Å². The standard InChI is InChI=1S/C100H62F36N8O6/c101-89(102,103)57-29-58(90(104,105)106)36-75(35-57)145-49-87(50-146-76-37-59(91(107,108)109)30-60(38-76)92(110,111)112,51-147-77-39-61(93(113,114)115)31-62(40-77)94(116,117)118)47-141-137-83-81(55-21-25-73(26-22-55)143(69-13-5-1-6-14-69)70-15-7-2-8-16-70)84-86(82(85(83)139-141)56-23-27-74(28-24-56)144(71-17-9-3-10-18-71)72-19-11-4-12-20-72)140-142(138-84)48-88(52-148-78-41-63(95(119,120)121)32-64(42-78)96(122,123)124,53-149-79-43-65(97(125,126)127)33-66(44-79)98(128,129)130)54-150-80-45-67(99(131,132)133)34-68(46-80)100(134,135)136/h1-46H,47-54H2. The second-order valence-corrected chi connectivity index (χ2v) is 33.9. The van der Waals surface area contributed by atoms with Crippen LogP contribution in [0, 0.1) is 10.8 Å². The first-order chi connectivity index (χ1) is 69.7. The molecule has 0 saturated heterocycles. The number of ether oxygens (including phenoxy) is 6. The van der Waals surface area contributed by atoms with Crippen LogP contribution in [0.25, 0.3) is 44.3 Å². The van der Waals surface area contributed by atoms with E-state index in [0.29, 0.717) is 32.3 Å². The summed E-state index contributed by atoms with van der Waals surface area (Å²) in [5, 5.41) is 19.0. The minimum absolute atomic E-state index is 0.120. The van der Waals surface area contributed by atoms with E-state index in [1.54, 1.807) is 131 Å². The molecular formula is C100H62F36N8O6. The Morgan fingerprint density at radius 1 is 0.227 bits per heavy atom. The zero-order chi connectivity index (χ0) is 109. The van der Waals surface area contributed by atoms with E-state index in [-0.39, 0.29) is 95.3 Å². The molecule has 0 fully saturated rings. The fourth-order valence-corrected chi connectivity index (χ4v) is 15.6. The summed E-state index contributed by atoms with van der Waals surface area (Å²) in [5.74, 6) is -9.22. The molecule has 13 aromatic carbocycles. The molecule has 0 N–H and O–H groups in total. The number of fused-ring (bicyclic) bond motifs is 2. The first kappa shape index (κ1) is 109. The van der Waals surface area contributed by atoms with E-state index in [1.807, 2.05) is 0 Å². The monoisotopic (exact) mass is 2150 g/mol. The van der Waals surface area contributed by atoms with Gasteiger partial charge in [0.2, 0.25) is 0 Å². The Balaban J connectivity index is 1.05. The quantitative estimate of drug-likeness (QED) is 0.0314. The van der Waals surface area contributed by atoms with Crippen molar-refractivity contribution in [3.63, 3.8) is 0 Å². The van der Waals surface area contributed by atoms with Gasteiger partial charge in [0.25, 0.3) is 0 Å². The second kappa shape index (κ2) is 40.5. The van der Waals surface area contributed by atoms with Crippen LogP contribution < -0.4 is 48.1 Å². The van der Waals surface area contributed by atoms with Crippen molar-refractivity contribution < 1.29 is 191 Å². The molecule has 0 aliphatic rings. The van der Waals surface area contributed by atoms with E-state index >= 15 is 0 Å². The molecule has 150 heavy (non-hydrogen) atoms. The van der Waals surface area contributed by atoms with Crippen LogP contribution in [0.3, 0.4) is 0 Å². The van der Waals surface area contributed by atoms with E-state index in [1.165, 1.54) is 48.5 Å². The summed E-state index contributed by atoms with van der Waals surface area (Å²) in [4.78, 5) is 4.07. The summed E-state index contributed by atoms with van der Waals surface area (Å²) >= 11 is 0. The molecule has 0 aliphatic carbocycles. The third-order valence-corrected chi connectivity index (χ3v) is 22.7. The maximum Gasteiger partial charge on any atom is 0.416 e. The summed E-state index contributed by atoms with van der Waals surface area (Å²) in [6.45, 7) is -14.1. The third-order valence-electron chi connectivity index (χ3n) is 22.7. The van der Waals surface area contributed by atoms with Gasteiger partial charge < -0.3 is 38.2 Å². The number of aromatic nitrogens is 6. The van der Waals surface area contributed by atoms with Crippen molar-refractivity contribution in [1.29, 1.82) is 0 Å². The second-order valence-electron chi connectivity index (χ2n) is 33.9. The molecule has 0 amide bonds. The van der Waals surface area contributed by atoms with Crippen LogP contribution >= 0.6 is 0 Å². The average Bonchev–Trinajstić information content (AvgIpc) is 1.56. The maximum atomic E-state index is 14.9. The van der Waals surface area contributed by atoms with Gasteiger partial charge in [-0.1, -0.05) is 97.1 Å². The van der Waals surface area contributed by atoms with Gasteiger partial charge >= 0.3 is 74.1 Å². The number of para-hydroxylation sites is 4. The van der Waals surface area contributed by atoms with Crippen molar-refractivity contribution in [1.82, 2.24) is 25.2 Å². The molecule has 0 aliphatic heterocycles. The molecular weight excluding hydrogens is 2090 g/mol. The van der Waals surface area contributed by atoms with Crippen LogP contribution in [0.15, 0.2) is 279 Å². The minimum atomic E-state index is -5.78. The summed E-state index contributed by atoms with van der Waals surface area (Å²) in [5.41, 5.74) is -34.9. The first-order valence-corrected chi connectivity index (χ1v) is 42.9. The van der Waals surface area contributed by atoms with Crippen LogP contribution in [0.1, 0.15) is 66.8 Å². The van der Waals surface area contributed by atoms with E-state index in [9.17, 15) is 158 Å². The zero-order valence-electron chi connectivity index (χ0n) is 74.8. The predicted octanol–water partition coefficient (Wildman–Crippen LogP) is 31.2. The third kappa shape index (κ3) is 25.7. The van der Waals surface area contributed by atoms with E-state index in [4.69, 9.17) is 48.8 Å². The van der Waals surface area contributed by atoms with Crippen LogP contribution in [0.2, 0.25) is 0 Å². The SMILES string of the molecule is FC(F)(F)c1cc(OCC(COc2cc(C(F)(F)F)cc(C(F)(F)F)c2)(COc2cc(C(F)(F)F)cc(C(F)(F)F)c2)Cn2nc3c(-c4ccc(N(c5ccccc5)c5ccccc5)cc4)c4n[n+](CC(COc5cc(C(F)(F)F)cc(C(F)(F)F)c5)(COc5cc(C(F)(F)F)cc(C(F)(F)F)c5)COc5cc(C(F)(F)F)cc(C(F)(F)F)c5)[n-]c4c(-c4ccc(N(c5ccccc5)c5ccccc5)cc4)c3n2)cc(C(F)(F)F)c1. The molecule has 0 spiro atoms. The lowest BCUT2D eigenvalue weighted by molar-refractivity contribution is -0.814. The van der Waals surface area contributed by atoms with Gasteiger partial charge in [0, 0.05) is 56.3 Å². The molecule has 0 atom stereocenters. The summed E-state index contributed by atoms with van der Waals surface area (Å²) in [7, 11) is 0. The Hall–Kier alpha value is -15.5. The van der Waals surface area contributed by atoms with Gasteiger partial charge in [-0.2, -0.15) is 188 Å². The molecule has 790 valence electrons. The van der Waals surface area contributed by atoms with Gasteiger partial charge in [-0.25, -0.2) is 0 Å². The molecule has 0 radical (unpaired) electrons. The van der Waals surface area contributed by atoms with Crippen LogP contribution in [0.4, 0.5) is 192 Å². The highest BCUT2D eigenvalue weighted by atomic mass is 19.5. The first-order valence-electron chi connectivity index (χ1n) is 42.9. The van der Waals surface area contributed by atoms with E-state index < -0.39 is 309 Å². The number of hydrogen-bond donors (Lipinski definition) is 0. The topological polar surface area (TPSA) is 123 Å². The van der Waals surface area contributed by atoms with Crippen molar-refractivity contribution in [3.8, 4) is 56.8 Å². The Bertz CT molecular complexity index is 6180. The van der Waals surface area contributed by atoms with Gasteiger partial charge in [-0.3, -0.25) is 0 Å². The lowest BCUT2D eigenvalue weighted by Crippen LogP contribution is -2.55. The normalized spacial score (nSPS) is 13.1. The number of nitrogens with zero attached hydrogens (tertiary/aromatic N) is 8. The maximum absolute atomic E-state index is 14.9. The molecule has 15 rings (SSSR count). The lowest BCUT2D eigenvalue weighted by Gasteiger charge is -2.33. The molecule has 0 saturated carbocycles. The molecule has 0 bridgehead atoms. The van der Waals surface area contributed by atoms with Crippen LogP contribution in [-0.4, -0.2) is 59.7 Å². The highest BCUT2D eigenvalue weighted by molar-refractivity contribution is 6.16. The number of halogens is 36. The fraction of sp³-hybridized carbons (Fsp3) is 0.220. The van der Waals surface area contributed by atoms with Crippen LogP contribution in [0.5, 0.6) is 34.5 Å². The van der Waals surface area contributed by atoms with Crippen molar-refractivity contribution in [2.45, 2.75) is 87.2 Å². The Kier molecular flexibility index (Phi) is 29.4. The van der Waals surface area contributed by atoms with Crippen molar-refractivity contribution >= 4 is 56.2 Å². The van der Waals surface area contributed by atoms with Gasteiger partial charge in [0.1, 0.15) is 90.6 Å². The summed E-state index contributed by atoms with van der Waals surface area (Å²) in [6.07, 6.45) is -69.4. The molecule has 50 heteroatoms. The molecule has 2 aromatic heterocycles. The van der Waals surface area contributed by atoms with Gasteiger partial charge in [0.05, 0.1) is 78.7 Å². The predicted molar refractivity (Wildman–Crippen MR) is 463 cm³/mol. The molecule has 14 nitrogen and oxygen atoms in total. The lowest BCUT2D eigenvalue weighted by atomic mass is 9.90. The number of rotatable bonds is 30. The summed E-state index contributed by atoms with van der Waals surface area (Å²) < 4.78 is 570. The zero-order valence-corrected chi connectivity index (χ0v) is 74.8. The highest BCUT2D eigenvalue weighted by Crippen LogP contribution is 2.51. The molecule has 2 heterocycles. The van der Waals surface area contributed by atoms with Gasteiger partial charge in [-0.05, 0) is 193 Å². The van der Waals surface area contributed by atoms with Crippen molar-refractivity contribution in [2.75, 3.05) is 49.4 Å². The van der Waals surface area contributed by atoms with Gasteiger partial charge in [0.15, 0.2) is 6.54 Å². The number of hydrogen-bond acceptors (Lipinski definition) is 11. The molecule has 0 unspecified atom stereocenters. The Morgan fingerprint density at radius 3 is 0.633 bits per heavy atom. The Labute approximate surface area is 819 Å².